The molecule has 322 valence electrons. The van der Waals surface area contributed by atoms with Gasteiger partial charge in [-0.3, -0.25) is 18.6 Å². The number of hydrogen-bond acceptors (Lipinski definition) is 8. The second-order valence-electron chi connectivity index (χ2n) is 14.9. The Labute approximate surface area is 337 Å². The minimum Gasteiger partial charge on any atom is -0.462 e. The lowest BCUT2D eigenvalue weighted by molar-refractivity contribution is -0.161. The largest absolute Gasteiger partial charge is 0.472 e. The summed E-state index contributed by atoms with van der Waals surface area (Å²) in [7, 11) is -4.38. The zero-order valence-corrected chi connectivity index (χ0v) is 36.3. The molecule has 0 bridgehead atoms. The summed E-state index contributed by atoms with van der Waals surface area (Å²) in [6.45, 7) is 3.71. The van der Waals surface area contributed by atoms with Gasteiger partial charge in [0.15, 0.2) is 6.10 Å². The van der Waals surface area contributed by atoms with Gasteiger partial charge in [0.2, 0.25) is 0 Å². The van der Waals surface area contributed by atoms with Gasteiger partial charge in [-0.05, 0) is 51.4 Å². The van der Waals surface area contributed by atoms with E-state index < -0.39 is 26.5 Å². The van der Waals surface area contributed by atoms with Gasteiger partial charge in [0, 0.05) is 19.4 Å². The van der Waals surface area contributed by atoms with E-state index in [-0.39, 0.29) is 38.6 Å². The molecule has 0 heterocycles. The Kier molecular flexibility index (Phi) is 40.5. The zero-order chi connectivity index (χ0) is 40.3. The van der Waals surface area contributed by atoms with Crippen molar-refractivity contribution in [1.82, 2.24) is 0 Å². The van der Waals surface area contributed by atoms with Gasteiger partial charge in [0.05, 0.1) is 13.2 Å². The fourth-order valence-electron chi connectivity index (χ4n) is 6.17. The number of esters is 2. The van der Waals surface area contributed by atoms with E-state index in [9.17, 15) is 19.0 Å². The topological polar surface area (TPSA) is 134 Å². The Morgan fingerprint density at radius 2 is 0.945 bits per heavy atom. The van der Waals surface area contributed by atoms with Gasteiger partial charge in [0.1, 0.15) is 6.61 Å². The molecule has 0 aromatic rings. The maximum atomic E-state index is 12.6. The van der Waals surface area contributed by atoms with Gasteiger partial charge in [-0.2, -0.15) is 0 Å². The molecule has 2 unspecified atom stereocenters. The normalized spacial score (nSPS) is 13.6. The molecule has 3 N–H and O–H groups in total. The fourth-order valence-corrected chi connectivity index (χ4v) is 6.94. The third-order valence-corrected chi connectivity index (χ3v) is 10.5. The summed E-state index contributed by atoms with van der Waals surface area (Å²) in [6, 6.07) is 0. The Morgan fingerprint density at radius 3 is 1.44 bits per heavy atom. The van der Waals surface area contributed by atoms with Gasteiger partial charge in [-0.25, -0.2) is 4.57 Å². The first-order chi connectivity index (χ1) is 26.8. The van der Waals surface area contributed by atoms with E-state index in [0.717, 1.165) is 70.6 Å². The third kappa shape index (κ3) is 41.7. The smallest absolute Gasteiger partial charge is 0.462 e. The number of nitrogens with two attached hydrogens (primary N) is 1. The van der Waals surface area contributed by atoms with Crippen LogP contribution in [0.1, 0.15) is 206 Å². The SMILES string of the molecule is CCCCC/C=C\C/C=C\C/C=C\CCCCCCCCC(=O)OC(COC(=O)CCCCCCCCCCCCCCCCC)COP(=O)(O)OCCN. The van der Waals surface area contributed by atoms with E-state index >= 15 is 0 Å². The van der Waals surface area contributed by atoms with E-state index in [1.165, 1.54) is 103 Å². The van der Waals surface area contributed by atoms with E-state index in [2.05, 4.69) is 50.3 Å². The summed E-state index contributed by atoms with van der Waals surface area (Å²) in [5, 5.41) is 0. The first kappa shape index (κ1) is 53.2. The minimum atomic E-state index is -4.38. The van der Waals surface area contributed by atoms with Crippen LogP contribution in [-0.4, -0.2) is 49.3 Å². The molecule has 0 aromatic carbocycles. The molecule has 0 saturated heterocycles. The summed E-state index contributed by atoms with van der Waals surface area (Å²) < 4.78 is 32.8. The lowest BCUT2D eigenvalue weighted by Crippen LogP contribution is -2.29. The highest BCUT2D eigenvalue weighted by atomic mass is 31.2. The molecular weight excluding hydrogens is 713 g/mol. The number of unbranched alkanes of at least 4 members (excludes halogenated alkanes) is 23. The molecule has 0 aliphatic heterocycles. The third-order valence-electron chi connectivity index (χ3n) is 9.53. The molecule has 0 amide bonds. The standard InChI is InChI=1S/C45H84NO8P/c1-3-5-7-9-11-13-15-17-19-20-21-22-24-26-28-30-32-34-36-38-45(48)54-43(42-53-55(49,50)52-40-39-46)41-51-44(47)37-35-33-31-29-27-25-23-18-16-14-12-10-8-6-4-2/h11,13,17,19,21-22,43H,3-10,12,14-16,18,20,23-42,46H2,1-2H3,(H,49,50)/b13-11-,19-17-,22-21-. The molecule has 10 heteroatoms. The van der Waals surface area contributed by atoms with Crippen LogP contribution in [0, 0.1) is 0 Å². The first-order valence-corrected chi connectivity index (χ1v) is 24.0. The van der Waals surface area contributed by atoms with Crippen molar-refractivity contribution in [2.24, 2.45) is 5.73 Å². The number of phosphoric ester groups is 1. The number of phosphoric acid groups is 1. The van der Waals surface area contributed by atoms with Crippen molar-refractivity contribution in [3.8, 4) is 0 Å². The molecule has 9 nitrogen and oxygen atoms in total. The van der Waals surface area contributed by atoms with Crippen LogP contribution in [0.2, 0.25) is 0 Å². The van der Waals surface area contributed by atoms with Crippen molar-refractivity contribution < 1.29 is 37.6 Å². The van der Waals surface area contributed by atoms with Crippen LogP contribution >= 0.6 is 7.82 Å². The second kappa shape index (κ2) is 41.9. The monoisotopic (exact) mass is 798 g/mol. The molecule has 0 aromatic heterocycles. The van der Waals surface area contributed by atoms with Crippen LogP contribution in [0.25, 0.3) is 0 Å². The van der Waals surface area contributed by atoms with Crippen molar-refractivity contribution in [3.05, 3.63) is 36.5 Å². The van der Waals surface area contributed by atoms with Gasteiger partial charge in [0.25, 0.3) is 0 Å². The molecule has 0 aliphatic carbocycles. The number of carbonyl (C=O) groups is 2. The summed E-state index contributed by atoms with van der Waals surface area (Å²) >= 11 is 0. The van der Waals surface area contributed by atoms with Gasteiger partial charge in [-0.15, -0.1) is 0 Å². The summed E-state index contributed by atoms with van der Waals surface area (Å²) in [6.07, 6.45) is 45.9. The number of carbonyl (C=O) groups excluding carboxylic acids is 2. The first-order valence-electron chi connectivity index (χ1n) is 22.5. The van der Waals surface area contributed by atoms with Crippen LogP contribution in [0.4, 0.5) is 0 Å². The van der Waals surface area contributed by atoms with Crippen molar-refractivity contribution in [1.29, 1.82) is 0 Å². The molecule has 0 rings (SSSR count). The Morgan fingerprint density at radius 1 is 0.545 bits per heavy atom. The van der Waals surface area contributed by atoms with Crippen molar-refractivity contribution in [2.45, 2.75) is 213 Å². The molecular formula is C45H84NO8P. The van der Waals surface area contributed by atoms with Gasteiger partial charge >= 0.3 is 19.8 Å². The van der Waals surface area contributed by atoms with Crippen LogP contribution in [0.3, 0.4) is 0 Å². The van der Waals surface area contributed by atoms with Crippen molar-refractivity contribution in [2.75, 3.05) is 26.4 Å². The lowest BCUT2D eigenvalue weighted by atomic mass is 10.0. The number of rotatable bonds is 42. The van der Waals surface area contributed by atoms with Crippen molar-refractivity contribution >= 4 is 19.8 Å². The van der Waals surface area contributed by atoms with Gasteiger partial charge in [-0.1, -0.05) is 179 Å². The molecule has 2 atom stereocenters. The molecule has 0 aliphatic rings. The highest BCUT2D eigenvalue weighted by Crippen LogP contribution is 2.43. The maximum absolute atomic E-state index is 12.6. The minimum absolute atomic E-state index is 0.0515. The highest BCUT2D eigenvalue weighted by molar-refractivity contribution is 7.47. The summed E-state index contributed by atoms with van der Waals surface area (Å²) in [4.78, 5) is 34.9. The van der Waals surface area contributed by atoms with E-state index in [1.54, 1.807) is 0 Å². The second-order valence-corrected chi connectivity index (χ2v) is 16.4. The van der Waals surface area contributed by atoms with Crippen LogP contribution in [0.5, 0.6) is 0 Å². The molecule has 0 fully saturated rings. The molecule has 55 heavy (non-hydrogen) atoms. The predicted molar refractivity (Wildman–Crippen MR) is 229 cm³/mol. The van der Waals surface area contributed by atoms with E-state index in [0.29, 0.717) is 6.42 Å². The molecule has 0 radical (unpaired) electrons. The Balaban J connectivity index is 4.15. The Bertz CT molecular complexity index is 1000. The predicted octanol–water partition coefficient (Wildman–Crippen LogP) is 12.9. The van der Waals surface area contributed by atoms with Crippen LogP contribution < -0.4 is 5.73 Å². The maximum Gasteiger partial charge on any atom is 0.472 e. The van der Waals surface area contributed by atoms with E-state index in [1.807, 2.05) is 0 Å². The highest BCUT2D eigenvalue weighted by Gasteiger charge is 2.26. The van der Waals surface area contributed by atoms with Crippen molar-refractivity contribution in [3.63, 3.8) is 0 Å². The summed E-state index contributed by atoms with van der Waals surface area (Å²) in [5.41, 5.74) is 5.35. The molecule has 0 saturated carbocycles. The lowest BCUT2D eigenvalue weighted by Gasteiger charge is -2.19. The van der Waals surface area contributed by atoms with Crippen LogP contribution in [0.15, 0.2) is 36.5 Å². The number of ether oxygens (including phenoxy) is 2. The Hall–Kier alpha value is -1.77. The number of allylic oxidation sites excluding steroid dienone is 6. The van der Waals surface area contributed by atoms with E-state index in [4.69, 9.17) is 24.3 Å². The quantitative estimate of drug-likeness (QED) is 0.0268. The number of hydrogen-bond donors (Lipinski definition) is 2. The zero-order valence-electron chi connectivity index (χ0n) is 35.4. The summed E-state index contributed by atoms with van der Waals surface area (Å²) in [5.74, 6) is -0.837. The van der Waals surface area contributed by atoms with Crippen LogP contribution in [-0.2, 0) is 32.7 Å². The average molecular weight is 798 g/mol. The fraction of sp³-hybridized carbons (Fsp3) is 0.822. The average Bonchev–Trinajstić information content (AvgIpc) is 3.17. The molecule has 0 spiro atoms. The van der Waals surface area contributed by atoms with Gasteiger partial charge < -0.3 is 20.1 Å².